The fourth-order valence-electron chi connectivity index (χ4n) is 2.99. The summed E-state index contributed by atoms with van der Waals surface area (Å²) in [5.41, 5.74) is 4.25. The molecule has 0 aliphatic heterocycles. The standard InChI is InChI=1S/C22H28N2O2/c1-16(2)20-10-5-6-11-21(20)24(18(4)25)13-12-22(26)23-15-19-9-7-8-17(3)14-19/h5-11,14,16H,12-13,15H2,1-4H3,(H,23,26). The summed E-state index contributed by atoms with van der Waals surface area (Å²) in [7, 11) is 0. The Hall–Kier alpha value is -2.62. The molecule has 4 nitrogen and oxygen atoms in total. The lowest BCUT2D eigenvalue weighted by atomic mass is 10.0. The molecule has 4 heteroatoms. The number of amides is 2. The Labute approximate surface area is 156 Å². The van der Waals surface area contributed by atoms with E-state index in [1.807, 2.05) is 49.4 Å². The minimum atomic E-state index is -0.0558. The third kappa shape index (κ3) is 5.45. The van der Waals surface area contributed by atoms with Gasteiger partial charge in [0.15, 0.2) is 0 Å². The van der Waals surface area contributed by atoms with E-state index >= 15 is 0 Å². The van der Waals surface area contributed by atoms with Crippen LogP contribution in [0.1, 0.15) is 49.8 Å². The van der Waals surface area contributed by atoms with Crippen LogP contribution in [0.5, 0.6) is 0 Å². The maximum absolute atomic E-state index is 12.2. The Morgan fingerprint density at radius 1 is 1.08 bits per heavy atom. The van der Waals surface area contributed by atoms with Crippen LogP contribution in [0.3, 0.4) is 0 Å². The Morgan fingerprint density at radius 2 is 1.81 bits per heavy atom. The van der Waals surface area contributed by atoms with Gasteiger partial charge in [-0.3, -0.25) is 9.59 Å². The largest absolute Gasteiger partial charge is 0.352 e. The Balaban J connectivity index is 1.98. The Morgan fingerprint density at radius 3 is 2.46 bits per heavy atom. The molecule has 0 heterocycles. The summed E-state index contributed by atoms with van der Waals surface area (Å²) in [5.74, 6) is 0.201. The summed E-state index contributed by atoms with van der Waals surface area (Å²) in [4.78, 5) is 26.1. The van der Waals surface area contributed by atoms with Crippen molar-refractivity contribution in [3.8, 4) is 0 Å². The number of rotatable bonds is 7. The first-order valence-electron chi connectivity index (χ1n) is 9.07. The van der Waals surface area contributed by atoms with Gasteiger partial charge in [-0.15, -0.1) is 0 Å². The van der Waals surface area contributed by atoms with Crippen molar-refractivity contribution in [3.63, 3.8) is 0 Å². The molecular weight excluding hydrogens is 324 g/mol. The third-order valence-electron chi connectivity index (χ3n) is 4.36. The molecule has 0 saturated carbocycles. The van der Waals surface area contributed by atoms with E-state index in [0.29, 0.717) is 19.0 Å². The number of para-hydroxylation sites is 1. The van der Waals surface area contributed by atoms with E-state index in [0.717, 1.165) is 16.8 Å². The molecule has 138 valence electrons. The van der Waals surface area contributed by atoms with Crippen LogP contribution >= 0.6 is 0 Å². The minimum Gasteiger partial charge on any atom is -0.352 e. The highest BCUT2D eigenvalue weighted by Crippen LogP contribution is 2.27. The first-order chi connectivity index (χ1) is 12.4. The molecule has 0 aliphatic rings. The molecule has 0 unspecified atom stereocenters. The van der Waals surface area contributed by atoms with Crippen LogP contribution in [0.15, 0.2) is 48.5 Å². The van der Waals surface area contributed by atoms with E-state index in [1.165, 1.54) is 5.56 Å². The first kappa shape index (κ1) is 19.7. The molecule has 0 spiro atoms. The number of hydrogen-bond acceptors (Lipinski definition) is 2. The van der Waals surface area contributed by atoms with Crippen molar-refractivity contribution < 1.29 is 9.59 Å². The van der Waals surface area contributed by atoms with Crippen molar-refractivity contribution in [2.24, 2.45) is 0 Å². The smallest absolute Gasteiger partial charge is 0.223 e. The average molecular weight is 352 g/mol. The van der Waals surface area contributed by atoms with Crippen LogP contribution in [0.4, 0.5) is 5.69 Å². The third-order valence-corrected chi connectivity index (χ3v) is 4.36. The van der Waals surface area contributed by atoms with E-state index < -0.39 is 0 Å². The molecule has 0 saturated heterocycles. The molecule has 0 atom stereocenters. The second-order valence-electron chi connectivity index (χ2n) is 6.90. The molecule has 0 fully saturated rings. The minimum absolute atomic E-state index is 0.0513. The van der Waals surface area contributed by atoms with Gasteiger partial charge in [0, 0.05) is 32.1 Å². The Bertz CT molecular complexity index is 768. The van der Waals surface area contributed by atoms with Crippen LogP contribution < -0.4 is 10.2 Å². The van der Waals surface area contributed by atoms with Gasteiger partial charge in [0.05, 0.1) is 0 Å². The molecule has 0 aromatic heterocycles. The van der Waals surface area contributed by atoms with E-state index in [1.54, 1.807) is 11.8 Å². The summed E-state index contributed by atoms with van der Waals surface area (Å²) in [6.07, 6.45) is 0.276. The maximum atomic E-state index is 12.2. The first-order valence-corrected chi connectivity index (χ1v) is 9.07. The molecule has 2 aromatic carbocycles. The lowest BCUT2D eigenvalue weighted by Gasteiger charge is -2.25. The lowest BCUT2D eigenvalue weighted by molar-refractivity contribution is -0.121. The van der Waals surface area contributed by atoms with Crippen molar-refractivity contribution in [2.45, 2.75) is 46.6 Å². The van der Waals surface area contributed by atoms with E-state index in [9.17, 15) is 9.59 Å². The van der Waals surface area contributed by atoms with E-state index in [4.69, 9.17) is 0 Å². The Kier molecular flexibility index (Phi) is 6.96. The summed E-state index contributed by atoms with van der Waals surface area (Å²) in [5, 5.41) is 2.93. The number of nitrogens with one attached hydrogen (secondary N) is 1. The van der Waals surface area contributed by atoms with Gasteiger partial charge in [0.25, 0.3) is 0 Å². The predicted molar refractivity (Wildman–Crippen MR) is 106 cm³/mol. The van der Waals surface area contributed by atoms with Crippen LogP contribution in [-0.4, -0.2) is 18.4 Å². The lowest BCUT2D eigenvalue weighted by Crippen LogP contribution is -2.34. The maximum Gasteiger partial charge on any atom is 0.223 e. The number of nitrogens with zero attached hydrogens (tertiary/aromatic N) is 1. The zero-order chi connectivity index (χ0) is 19.1. The number of hydrogen-bond donors (Lipinski definition) is 1. The van der Waals surface area contributed by atoms with Crippen molar-refractivity contribution in [1.82, 2.24) is 5.32 Å². The van der Waals surface area contributed by atoms with Crippen LogP contribution in [0, 0.1) is 6.92 Å². The van der Waals surface area contributed by atoms with Crippen molar-refractivity contribution >= 4 is 17.5 Å². The molecule has 2 amide bonds. The van der Waals surface area contributed by atoms with Gasteiger partial charge >= 0.3 is 0 Å². The van der Waals surface area contributed by atoms with E-state index in [-0.39, 0.29) is 18.2 Å². The summed E-state index contributed by atoms with van der Waals surface area (Å²) >= 11 is 0. The van der Waals surface area contributed by atoms with Crippen molar-refractivity contribution in [3.05, 3.63) is 65.2 Å². The second kappa shape index (κ2) is 9.18. The zero-order valence-corrected chi connectivity index (χ0v) is 16.1. The topological polar surface area (TPSA) is 49.4 Å². The number of carbonyl (C=O) groups is 2. The molecule has 2 rings (SSSR count). The van der Waals surface area contributed by atoms with Crippen LogP contribution in [-0.2, 0) is 16.1 Å². The monoisotopic (exact) mass is 352 g/mol. The predicted octanol–water partition coefficient (Wildman–Crippen LogP) is 4.18. The highest BCUT2D eigenvalue weighted by atomic mass is 16.2. The normalized spacial score (nSPS) is 10.7. The van der Waals surface area contributed by atoms with Gasteiger partial charge in [-0.25, -0.2) is 0 Å². The van der Waals surface area contributed by atoms with Gasteiger partial charge in [-0.1, -0.05) is 61.9 Å². The van der Waals surface area contributed by atoms with Crippen molar-refractivity contribution in [2.75, 3.05) is 11.4 Å². The van der Waals surface area contributed by atoms with Crippen LogP contribution in [0.25, 0.3) is 0 Å². The molecule has 0 radical (unpaired) electrons. The fourth-order valence-corrected chi connectivity index (χ4v) is 2.99. The number of anilines is 1. The SMILES string of the molecule is CC(=O)N(CCC(=O)NCc1cccc(C)c1)c1ccccc1C(C)C. The average Bonchev–Trinajstić information content (AvgIpc) is 2.60. The summed E-state index contributed by atoms with van der Waals surface area (Å²) in [6, 6.07) is 15.9. The second-order valence-corrected chi connectivity index (χ2v) is 6.90. The van der Waals surface area contributed by atoms with Gasteiger partial charge in [0.2, 0.25) is 11.8 Å². The summed E-state index contributed by atoms with van der Waals surface area (Å²) in [6.45, 7) is 8.66. The number of benzene rings is 2. The van der Waals surface area contributed by atoms with Crippen molar-refractivity contribution in [1.29, 1.82) is 0 Å². The zero-order valence-electron chi connectivity index (χ0n) is 16.1. The number of carbonyl (C=O) groups excluding carboxylic acids is 2. The number of aryl methyl sites for hydroxylation is 1. The van der Waals surface area contributed by atoms with Gasteiger partial charge < -0.3 is 10.2 Å². The molecule has 0 bridgehead atoms. The highest BCUT2D eigenvalue weighted by molar-refractivity contribution is 5.93. The van der Waals surface area contributed by atoms with Gasteiger partial charge in [0.1, 0.15) is 0 Å². The quantitative estimate of drug-likeness (QED) is 0.813. The molecule has 26 heavy (non-hydrogen) atoms. The van der Waals surface area contributed by atoms with Crippen LogP contribution in [0.2, 0.25) is 0 Å². The fraction of sp³-hybridized carbons (Fsp3) is 0.364. The molecule has 2 aromatic rings. The van der Waals surface area contributed by atoms with Gasteiger partial charge in [-0.05, 0) is 30.0 Å². The summed E-state index contributed by atoms with van der Waals surface area (Å²) < 4.78 is 0. The molecule has 0 aliphatic carbocycles. The molecular formula is C22H28N2O2. The highest BCUT2D eigenvalue weighted by Gasteiger charge is 2.17. The van der Waals surface area contributed by atoms with E-state index in [2.05, 4.69) is 25.2 Å². The molecule has 1 N–H and O–H groups in total. The van der Waals surface area contributed by atoms with Gasteiger partial charge in [-0.2, -0.15) is 0 Å².